The predicted octanol–water partition coefficient (Wildman–Crippen LogP) is 4.90. The summed E-state index contributed by atoms with van der Waals surface area (Å²) >= 11 is 0. The minimum absolute atomic E-state index is 0.0998. The fourth-order valence-corrected chi connectivity index (χ4v) is 4.92. The maximum Gasteiger partial charge on any atom is 0.305 e. The van der Waals surface area contributed by atoms with Crippen LogP contribution in [-0.2, 0) is 30.7 Å². The largest absolute Gasteiger partial charge is 0.481 e. The van der Waals surface area contributed by atoms with E-state index in [4.69, 9.17) is 10.2 Å². The van der Waals surface area contributed by atoms with Crippen LogP contribution in [0.25, 0.3) is 33.5 Å². The number of fused-ring (bicyclic) bond motifs is 2. The smallest absolute Gasteiger partial charge is 0.305 e. The molecule has 0 radical (unpaired) electrons. The molecule has 0 saturated carbocycles. The van der Waals surface area contributed by atoms with Crippen molar-refractivity contribution in [2.75, 3.05) is 0 Å². The molecule has 0 spiro atoms. The fourth-order valence-electron chi connectivity index (χ4n) is 4.92. The quantitative estimate of drug-likeness (QED) is 0.454. The molecule has 1 aliphatic carbocycles. The van der Waals surface area contributed by atoms with E-state index < -0.39 is 5.97 Å². The van der Waals surface area contributed by atoms with Crippen molar-refractivity contribution in [1.29, 1.82) is 0 Å². The maximum atomic E-state index is 11.0. The number of hydrogen-bond donors (Lipinski definition) is 2. The molecular weight excluding hydrogens is 402 g/mol. The fraction of sp³-hybridized carbons (Fsp3) is 0.400. The number of carboxylic acids is 1. The first-order valence-electron chi connectivity index (χ1n) is 11.3. The van der Waals surface area contributed by atoms with Gasteiger partial charge in [0.2, 0.25) is 0 Å². The topological polar surface area (TPSA) is 88.7 Å². The molecule has 0 bridgehead atoms. The number of aromatic nitrogens is 5. The van der Waals surface area contributed by atoms with Gasteiger partial charge in [0.15, 0.2) is 0 Å². The number of aromatic amines is 1. The maximum absolute atomic E-state index is 11.0. The van der Waals surface area contributed by atoms with Crippen LogP contribution in [0.5, 0.6) is 0 Å². The van der Waals surface area contributed by atoms with Gasteiger partial charge in [0.25, 0.3) is 0 Å². The molecule has 0 fully saturated rings. The van der Waals surface area contributed by atoms with Crippen molar-refractivity contribution in [2.45, 2.75) is 59.5 Å². The van der Waals surface area contributed by atoms with E-state index in [1.165, 1.54) is 11.3 Å². The lowest BCUT2D eigenvalue weighted by molar-refractivity contribution is -0.137. The molecule has 0 atom stereocenters. The summed E-state index contributed by atoms with van der Waals surface area (Å²) in [6.45, 7) is 8.13. The molecule has 5 rings (SSSR count). The summed E-state index contributed by atoms with van der Waals surface area (Å²) in [6, 6.07) is 10.2. The SMILES string of the molecule is CCn1nc(-c2cc(-c3cccc4c3ccn4CCC(=O)O)n[nH]2)c2c1CC(C)(C)CC2. The van der Waals surface area contributed by atoms with Gasteiger partial charge in [0.1, 0.15) is 5.69 Å². The van der Waals surface area contributed by atoms with Crippen molar-refractivity contribution >= 4 is 16.9 Å². The number of aliphatic carboxylic acids is 1. The van der Waals surface area contributed by atoms with E-state index in [1.807, 2.05) is 29.0 Å². The Hall–Kier alpha value is -3.35. The highest BCUT2D eigenvalue weighted by Crippen LogP contribution is 2.39. The zero-order valence-electron chi connectivity index (χ0n) is 18.9. The van der Waals surface area contributed by atoms with Crippen LogP contribution in [0.3, 0.4) is 0 Å². The average Bonchev–Trinajstić information content (AvgIpc) is 3.47. The second kappa shape index (κ2) is 7.65. The summed E-state index contributed by atoms with van der Waals surface area (Å²) in [5.74, 6) is -0.793. The zero-order valence-corrected chi connectivity index (χ0v) is 18.9. The summed E-state index contributed by atoms with van der Waals surface area (Å²) in [4.78, 5) is 11.0. The summed E-state index contributed by atoms with van der Waals surface area (Å²) in [5.41, 5.74) is 7.89. The van der Waals surface area contributed by atoms with Crippen LogP contribution in [0.1, 0.15) is 44.9 Å². The molecule has 3 heterocycles. The Bertz CT molecular complexity index is 1310. The van der Waals surface area contributed by atoms with Gasteiger partial charge >= 0.3 is 5.97 Å². The van der Waals surface area contributed by atoms with Crippen LogP contribution in [0, 0.1) is 5.41 Å². The van der Waals surface area contributed by atoms with E-state index in [-0.39, 0.29) is 6.42 Å². The number of rotatable bonds is 6. The van der Waals surface area contributed by atoms with Crippen LogP contribution >= 0.6 is 0 Å². The Balaban J connectivity index is 1.52. The molecule has 1 aromatic carbocycles. The molecule has 3 aromatic heterocycles. The van der Waals surface area contributed by atoms with E-state index in [9.17, 15) is 4.79 Å². The first-order chi connectivity index (χ1) is 15.4. The number of aryl methyl sites for hydroxylation is 2. The molecule has 0 aliphatic heterocycles. The van der Waals surface area contributed by atoms with Gasteiger partial charge in [-0.15, -0.1) is 0 Å². The average molecular weight is 432 g/mol. The zero-order chi connectivity index (χ0) is 22.5. The number of nitrogens with one attached hydrogen (secondary N) is 1. The number of hydrogen-bond acceptors (Lipinski definition) is 3. The summed E-state index contributed by atoms with van der Waals surface area (Å²) in [5, 5.41) is 22.9. The van der Waals surface area contributed by atoms with Gasteiger partial charge in [-0.05, 0) is 49.8 Å². The molecule has 32 heavy (non-hydrogen) atoms. The molecule has 4 aromatic rings. The molecule has 7 heteroatoms. The van der Waals surface area contributed by atoms with Gasteiger partial charge in [-0.1, -0.05) is 26.0 Å². The van der Waals surface area contributed by atoms with Gasteiger partial charge < -0.3 is 9.67 Å². The number of nitrogens with zero attached hydrogens (tertiary/aromatic N) is 4. The molecule has 1 aliphatic rings. The van der Waals surface area contributed by atoms with Crippen LogP contribution in [-0.4, -0.2) is 35.6 Å². The second-order valence-corrected chi connectivity index (χ2v) is 9.49. The van der Waals surface area contributed by atoms with Gasteiger partial charge in [-0.25, -0.2) is 0 Å². The number of carbonyl (C=O) groups is 1. The highest BCUT2D eigenvalue weighted by Gasteiger charge is 2.31. The van der Waals surface area contributed by atoms with Crippen molar-refractivity contribution in [3.63, 3.8) is 0 Å². The molecule has 0 saturated heterocycles. The third kappa shape index (κ3) is 3.51. The van der Waals surface area contributed by atoms with Crippen molar-refractivity contribution in [3.05, 3.63) is 47.8 Å². The summed E-state index contributed by atoms with van der Waals surface area (Å²) in [7, 11) is 0. The van der Waals surface area contributed by atoms with Gasteiger partial charge in [0.05, 0.1) is 17.8 Å². The van der Waals surface area contributed by atoms with E-state index in [0.717, 1.165) is 59.4 Å². The Kier molecular flexibility index (Phi) is 4.92. The monoisotopic (exact) mass is 431 g/mol. The molecule has 166 valence electrons. The molecule has 7 nitrogen and oxygen atoms in total. The Morgan fingerprint density at radius 1 is 1.28 bits per heavy atom. The highest BCUT2D eigenvalue weighted by atomic mass is 16.4. The van der Waals surface area contributed by atoms with Gasteiger partial charge in [-0.3, -0.25) is 14.6 Å². The van der Waals surface area contributed by atoms with Crippen molar-refractivity contribution in [1.82, 2.24) is 24.5 Å². The Morgan fingerprint density at radius 2 is 2.12 bits per heavy atom. The van der Waals surface area contributed by atoms with Crippen LogP contribution < -0.4 is 0 Å². The number of H-pyrrole nitrogens is 1. The van der Waals surface area contributed by atoms with Gasteiger partial charge in [0, 0.05) is 47.0 Å². The van der Waals surface area contributed by atoms with Crippen molar-refractivity contribution in [3.8, 4) is 22.6 Å². The van der Waals surface area contributed by atoms with Gasteiger partial charge in [-0.2, -0.15) is 10.2 Å². The highest BCUT2D eigenvalue weighted by molar-refractivity contribution is 5.95. The van der Waals surface area contributed by atoms with E-state index in [2.05, 4.69) is 47.8 Å². The minimum Gasteiger partial charge on any atom is -0.481 e. The number of benzene rings is 1. The molecule has 0 unspecified atom stereocenters. The summed E-state index contributed by atoms with van der Waals surface area (Å²) in [6.07, 6.45) is 5.29. The predicted molar refractivity (Wildman–Crippen MR) is 124 cm³/mol. The van der Waals surface area contributed by atoms with E-state index in [0.29, 0.717) is 12.0 Å². The van der Waals surface area contributed by atoms with Crippen LogP contribution in [0.4, 0.5) is 0 Å². The third-order valence-electron chi connectivity index (χ3n) is 6.65. The summed E-state index contributed by atoms with van der Waals surface area (Å²) < 4.78 is 4.14. The first-order valence-corrected chi connectivity index (χ1v) is 11.3. The van der Waals surface area contributed by atoms with E-state index >= 15 is 0 Å². The standard InChI is InChI=1S/C25H29N5O2/c1-4-30-22-15-25(2,3)11-8-18(22)24(28-30)20-14-19(26-27-20)16-6-5-7-21-17(16)9-12-29(21)13-10-23(31)32/h5-7,9,12,14H,4,8,10-11,13,15H2,1-3H3,(H,26,27)(H,31,32). The Labute approximate surface area is 187 Å². The lowest BCUT2D eigenvalue weighted by atomic mass is 9.76. The lowest BCUT2D eigenvalue weighted by Crippen LogP contribution is -2.24. The molecule has 2 N–H and O–H groups in total. The van der Waals surface area contributed by atoms with Crippen molar-refractivity contribution in [2.24, 2.45) is 5.41 Å². The van der Waals surface area contributed by atoms with Crippen molar-refractivity contribution < 1.29 is 9.90 Å². The van der Waals surface area contributed by atoms with Crippen LogP contribution in [0.2, 0.25) is 0 Å². The normalized spacial score (nSPS) is 15.2. The lowest BCUT2D eigenvalue weighted by Gasteiger charge is -2.30. The van der Waals surface area contributed by atoms with Crippen LogP contribution in [0.15, 0.2) is 36.5 Å². The Morgan fingerprint density at radius 3 is 2.91 bits per heavy atom. The molecular formula is C25H29N5O2. The van der Waals surface area contributed by atoms with E-state index in [1.54, 1.807) is 0 Å². The third-order valence-corrected chi connectivity index (χ3v) is 6.65. The number of carboxylic acid groups (broad SMARTS) is 1. The molecule has 0 amide bonds. The second-order valence-electron chi connectivity index (χ2n) is 9.49. The minimum atomic E-state index is -0.793. The first kappa shape index (κ1) is 20.5.